The summed E-state index contributed by atoms with van der Waals surface area (Å²) in [5.41, 5.74) is 1.73. The summed E-state index contributed by atoms with van der Waals surface area (Å²) >= 11 is 0. The number of rotatable bonds is 3. The Bertz CT molecular complexity index is 434. The van der Waals surface area contributed by atoms with Crippen LogP contribution in [0.1, 0.15) is 13.8 Å². The summed E-state index contributed by atoms with van der Waals surface area (Å²) in [5.74, 6) is 0.534. The Labute approximate surface area is 82.8 Å². The first-order chi connectivity index (χ1) is 6.70. The van der Waals surface area contributed by atoms with E-state index in [1.807, 2.05) is 44.2 Å². The van der Waals surface area contributed by atoms with Crippen LogP contribution in [0.15, 0.2) is 35.1 Å². The van der Waals surface area contributed by atoms with Gasteiger partial charge in [-0.05, 0) is 19.4 Å². The molecule has 2 aromatic carbocycles. The van der Waals surface area contributed by atoms with Crippen LogP contribution in [0.2, 0.25) is 0 Å². The van der Waals surface area contributed by atoms with Crippen molar-refractivity contribution in [2.75, 3.05) is 0 Å². The minimum absolute atomic E-state index is 0.0462. The minimum atomic E-state index is 0.0462. The summed E-state index contributed by atoms with van der Waals surface area (Å²) in [6.07, 6.45) is 0.0650. The highest BCUT2D eigenvalue weighted by molar-refractivity contribution is 5.80. The van der Waals surface area contributed by atoms with E-state index in [4.69, 9.17) is 4.74 Å². The molecule has 0 saturated heterocycles. The molecular formula is C12H12O2. The van der Waals surface area contributed by atoms with Crippen molar-refractivity contribution in [3.63, 3.8) is 0 Å². The molecule has 0 atom stereocenters. The van der Waals surface area contributed by atoms with Crippen molar-refractivity contribution >= 4 is 0 Å². The van der Waals surface area contributed by atoms with Crippen LogP contribution in [-0.2, 0) is 0 Å². The Morgan fingerprint density at radius 2 is 1.79 bits per heavy atom. The molecule has 2 heteroatoms. The maximum Gasteiger partial charge on any atom is 0.232 e. The molecule has 0 radical (unpaired) electrons. The van der Waals surface area contributed by atoms with Crippen molar-refractivity contribution in [1.82, 2.24) is 0 Å². The van der Waals surface area contributed by atoms with E-state index < -0.39 is 0 Å². The number of hydrogen-bond donors (Lipinski definition) is 0. The van der Waals surface area contributed by atoms with Crippen molar-refractivity contribution in [3.8, 4) is 16.9 Å². The quantitative estimate of drug-likeness (QED) is 0.739. The molecule has 0 heterocycles. The molecular weight excluding hydrogens is 176 g/mol. The largest absolute Gasteiger partial charge is 0.486 e. The van der Waals surface area contributed by atoms with Crippen molar-refractivity contribution in [2.45, 2.75) is 20.0 Å². The molecule has 0 aliphatic rings. The van der Waals surface area contributed by atoms with Crippen LogP contribution in [0.3, 0.4) is 0 Å². The second-order valence-electron chi connectivity index (χ2n) is 3.57. The van der Waals surface area contributed by atoms with E-state index >= 15 is 0 Å². The van der Waals surface area contributed by atoms with Crippen molar-refractivity contribution in [3.05, 3.63) is 40.6 Å². The molecule has 0 saturated carbocycles. The Balaban J connectivity index is 2.24. The smallest absolute Gasteiger partial charge is 0.232 e. The van der Waals surface area contributed by atoms with Gasteiger partial charge in [-0.1, -0.05) is 30.3 Å². The Morgan fingerprint density at radius 3 is 2.36 bits per heavy atom. The number of benzene rings is 1. The number of ether oxygens (including phenoxy) is 1. The van der Waals surface area contributed by atoms with Crippen LogP contribution < -0.4 is 10.2 Å². The fraction of sp³-hybridized carbons (Fsp3) is 0.250. The molecule has 0 aromatic heterocycles. The van der Waals surface area contributed by atoms with Crippen molar-refractivity contribution in [2.24, 2.45) is 0 Å². The van der Waals surface area contributed by atoms with Gasteiger partial charge in [-0.3, -0.25) is 4.79 Å². The zero-order chi connectivity index (χ0) is 10.1. The van der Waals surface area contributed by atoms with E-state index in [2.05, 4.69) is 0 Å². The SMILES string of the molecule is CC(C)Oc1c(-c2ccccc2)c1=O. The van der Waals surface area contributed by atoms with Gasteiger partial charge < -0.3 is 4.74 Å². The first-order valence-corrected chi connectivity index (χ1v) is 4.71. The second kappa shape index (κ2) is 3.29. The third kappa shape index (κ3) is 1.55. The molecule has 0 bridgehead atoms. The second-order valence-corrected chi connectivity index (χ2v) is 3.57. The first-order valence-electron chi connectivity index (χ1n) is 4.71. The summed E-state index contributed by atoms with van der Waals surface area (Å²) in [4.78, 5) is 11.4. The van der Waals surface area contributed by atoms with Crippen LogP contribution >= 0.6 is 0 Å². The van der Waals surface area contributed by atoms with Gasteiger partial charge in [-0.25, -0.2) is 0 Å². The van der Waals surface area contributed by atoms with Gasteiger partial charge in [-0.15, -0.1) is 0 Å². The average Bonchev–Trinajstić information content (AvgIpc) is 2.77. The first kappa shape index (κ1) is 9.00. The standard InChI is InChI=1S/C12H12O2/c1-8(2)14-12-10(11(12)13)9-6-4-3-5-7-9/h3-8H,1-2H3. The normalized spacial score (nSPS) is 11.1. The van der Waals surface area contributed by atoms with Crippen LogP contribution in [0.4, 0.5) is 0 Å². The van der Waals surface area contributed by atoms with Crippen molar-refractivity contribution < 1.29 is 4.74 Å². The lowest BCUT2D eigenvalue weighted by molar-refractivity contribution is 0.249. The van der Waals surface area contributed by atoms with Gasteiger partial charge in [0.1, 0.15) is 0 Å². The molecule has 2 aromatic rings. The van der Waals surface area contributed by atoms with E-state index in [1.54, 1.807) is 0 Å². The van der Waals surface area contributed by atoms with E-state index in [0.717, 1.165) is 11.1 Å². The lowest BCUT2D eigenvalue weighted by atomic mass is 10.2. The van der Waals surface area contributed by atoms with Gasteiger partial charge in [-0.2, -0.15) is 0 Å². The van der Waals surface area contributed by atoms with Gasteiger partial charge in [0, 0.05) is 0 Å². The topological polar surface area (TPSA) is 26.3 Å². The molecule has 2 rings (SSSR count). The zero-order valence-electron chi connectivity index (χ0n) is 8.28. The molecule has 0 N–H and O–H groups in total. The maximum atomic E-state index is 11.4. The Hall–Kier alpha value is -1.57. The van der Waals surface area contributed by atoms with E-state index in [-0.39, 0.29) is 11.5 Å². The summed E-state index contributed by atoms with van der Waals surface area (Å²) in [7, 11) is 0. The lowest BCUT2D eigenvalue weighted by Gasteiger charge is -2.02. The highest BCUT2D eigenvalue weighted by Gasteiger charge is 2.26. The summed E-state index contributed by atoms with van der Waals surface area (Å²) in [6.45, 7) is 3.84. The van der Waals surface area contributed by atoms with Gasteiger partial charge >= 0.3 is 0 Å². The van der Waals surface area contributed by atoms with Gasteiger partial charge in [0.2, 0.25) is 5.43 Å². The molecule has 0 aliphatic heterocycles. The monoisotopic (exact) mass is 188 g/mol. The average molecular weight is 188 g/mol. The van der Waals surface area contributed by atoms with Crippen LogP contribution in [0, 0.1) is 0 Å². The third-order valence-electron chi connectivity index (χ3n) is 2.01. The molecule has 2 nitrogen and oxygen atoms in total. The van der Waals surface area contributed by atoms with Gasteiger partial charge in [0.05, 0.1) is 11.7 Å². The molecule has 0 amide bonds. The predicted molar refractivity (Wildman–Crippen MR) is 56.3 cm³/mol. The molecule has 0 aliphatic carbocycles. The fourth-order valence-electron chi connectivity index (χ4n) is 1.37. The van der Waals surface area contributed by atoms with E-state index in [0.29, 0.717) is 5.75 Å². The summed E-state index contributed by atoms with van der Waals surface area (Å²) in [5, 5.41) is 0. The van der Waals surface area contributed by atoms with Crippen LogP contribution in [-0.4, -0.2) is 6.10 Å². The summed E-state index contributed by atoms with van der Waals surface area (Å²) in [6, 6.07) is 9.61. The Kier molecular flexibility index (Phi) is 2.12. The Morgan fingerprint density at radius 1 is 1.14 bits per heavy atom. The van der Waals surface area contributed by atoms with E-state index in [1.165, 1.54) is 0 Å². The van der Waals surface area contributed by atoms with Gasteiger partial charge in [0.15, 0.2) is 5.75 Å². The van der Waals surface area contributed by atoms with Crippen LogP contribution in [0.5, 0.6) is 5.75 Å². The molecule has 0 fully saturated rings. The highest BCUT2D eigenvalue weighted by atomic mass is 16.5. The molecule has 0 spiro atoms. The lowest BCUT2D eigenvalue weighted by Crippen LogP contribution is -2.04. The van der Waals surface area contributed by atoms with Crippen molar-refractivity contribution in [1.29, 1.82) is 0 Å². The molecule has 14 heavy (non-hydrogen) atoms. The fourth-order valence-corrected chi connectivity index (χ4v) is 1.37. The van der Waals surface area contributed by atoms with Crippen LogP contribution in [0.25, 0.3) is 11.1 Å². The van der Waals surface area contributed by atoms with E-state index in [9.17, 15) is 4.79 Å². The minimum Gasteiger partial charge on any atom is -0.486 e. The zero-order valence-corrected chi connectivity index (χ0v) is 8.28. The third-order valence-corrected chi connectivity index (χ3v) is 2.01. The van der Waals surface area contributed by atoms with Gasteiger partial charge in [0.25, 0.3) is 0 Å². The molecule has 72 valence electrons. The summed E-state index contributed by atoms with van der Waals surface area (Å²) < 4.78 is 5.37. The number of hydrogen-bond acceptors (Lipinski definition) is 2. The predicted octanol–water partition coefficient (Wildman–Crippen LogP) is 2.38. The maximum absolute atomic E-state index is 11.4. The highest BCUT2D eigenvalue weighted by Crippen LogP contribution is 2.32. The molecule has 0 unspecified atom stereocenters.